The minimum atomic E-state index is -3.51. The monoisotopic (exact) mass is 420 g/mol. The zero-order chi connectivity index (χ0) is 19.7. The van der Waals surface area contributed by atoms with Crippen LogP contribution in [0.5, 0.6) is 5.75 Å². The first-order valence-electron chi connectivity index (χ1n) is 8.70. The van der Waals surface area contributed by atoms with Crippen LogP contribution in [0.15, 0.2) is 50.5 Å². The van der Waals surface area contributed by atoms with Crippen LogP contribution in [0.2, 0.25) is 0 Å². The summed E-state index contributed by atoms with van der Waals surface area (Å²) in [6.45, 7) is 0.565. The number of hydrogen-bond acceptors (Lipinski definition) is 8. The normalized spacial score (nSPS) is 20.5. The lowest BCUT2D eigenvalue weighted by Crippen LogP contribution is -2.36. The van der Waals surface area contributed by atoms with Gasteiger partial charge >= 0.3 is 0 Å². The average molecular weight is 421 g/mol. The van der Waals surface area contributed by atoms with E-state index in [9.17, 15) is 8.42 Å². The second-order valence-corrected chi connectivity index (χ2v) is 9.51. The largest absolute Gasteiger partial charge is 0.497 e. The fourth-order valence-electron chi connectivity index (χ4n) is 3.30. The highest BCUT2D eigenvalue weighted by atomic mass is 32.2. The van der Waals surface area contributed by atoms with Gasteiger partial charge in [-0.25, -0.2) is 13.1 Å². The molecule has 3 heterocycles. The highest BCUT2D eigenvalue weighted by Crippen LogP contribution is 2.32. The van der Waals surface area contributed by atoms with Crippen molar-refractivity contribution >= 4 is 21.4 Å². The molecule has 1 aliphatic heterocycles. The van der Waals surface area contributed by atoms with Crippen molar-refractivity contribution in [3.63, 3.8) is 0 Å². The van der Waals surface area contributed by atoms with E-state index in [4.69, 9.17) is 9.26 Å². The van der Waals surface area contributed by atoms with E-state index in [0.29, 0.717) is 28.9 Å². The summed E-state index contributed by atoms with van der Waals surface area (Å²) in [5.41, 5.74) is 0.825. The molecule has 1 saturated heterocycles. The standard InChI is InChI=1S/C18H20N4O4S2/c1-22-11-13(21-28(23,24)16-4-3-9-27-16)10-15(22)18-19-17(20-26-18)12-5-7-14(25-2)8-6-12/h3-9,13,15,21H,10-11H2,1-2H3/t13-,15-/m0/s1. The number of aromatic nitrogens is 2. The summed E-state index contributed by atoms with van der Waals surface area (Å²) >= 11 is 1.20. The van der Waals surface area contributed by atoms with E-state index in [-0.39, 0.29) is 12.1 Å². The maximum atomic E-state index is 12.5. The predicted octanol–water partition coefficient (Wildman–Crippen LogP) is 2.53. The van der Waals surface area contributed by atoms with Crippen LogP contribution in [0.4, 0.5) is 0 Å². The lowest BCUT2D eigenvalue weighted by molar-refractivity contribution is 0.244. The van der Waals surface area contributed by atoms with Gasteiger partial charge in [0.15, 0.2) is 0 Å². The third-order valence-corrected chi connectivity index (χ3v) is 7.62. The number of benzene rings is 1. The van der Waals surface area contributed by atoms with Crippen molar-refractivity contribution in [2.45, 2.75) is 22.7 Å². The third-order valence-electron chi connectivity index (χ3n) is 4.70. The Morgan fingerprint density at radius 1 is 1.29 bits per heavy atom. The average Bonchev–Trinajstić information content (AvgIpc) is 3.42. The smallest absolute Gasteiger partial charge is 0.250 e. The molecule has 0 amide bonds. The van der Waals surface area contributed by atoms with Crippen molar-refractivity contribution in [2.24, 2.45) is 0 Å². The molecule has 0 saturated carbocycles. The van der Waals surface area contributed by atoms with Gasteiger partial charge in [-0.3, -0.25) is 4.90 Å². The zero-order valence-electron chi connectivity index (χ0n) is 15.4. The molecule has 1 aromatic carbocycles. The van der Waals surface area contributed by atoms with Gasteiger partial charge in [-0.15, -0.1) is 11.3 Å². The van der Waals surface area contributed by atoms with Crippen LogP contribution < -0.4 is 9.46 Å². The Hall–Kier alpha value is -2.27. The molecule has 8 nitrogen and oxygen atoms in total. The molecule has 0 radical (unpaired) electrons. The van der Waals surface area contributed by atoms with Gasteiger partial charge in [0.05, 0.1) is 13.2 Å². The van der Waals surface area contributed by atoms with Gasteiger partial charge < -0.3 is 9.26 Å². The number of sulfonamides is 1. The van der Waals surface area contributed by atoms with Crippen LogP contribution >= 0.6 is 11.3 Å². The molecule has 0 spiro atoms. The van der Waals surface area contributed by atoms with Crippen molar-refractivity contribution in [3.05, 3.63) is 47.7 Å². The fraction of sp³-hybridized carbons (Fsp3) is 0.333. The molecule has 1 N–H and O–H groups in total. The number of methoxy groups -OCH3 is 1. The van der Waals surface area contributed by atoms with Crippen LogP contribution in [0.3, 0.4) is 0 Å². The molecule has 10 heteroatoms. The van der Waals surface area contributed by atoms with Gasteiger partial charge in [0.2, 0.25) is 21.7 Å². The van der Waals surface area contributed by atoms with Crippen molar-refractivity contribution in [3.8, 4) is 17.1 Å². The molecule has 0 unspecified atom stereocenters. The molecule has 2 aromatic heterocycles. The number of hydrogen-bond donors (Lipinski definition) is 1. The number of nitrogens with one attached hydrogen (secondary N) is 1. The molecule has 2 atom stereocenters. The van der Waals surface area contributed by atoms with Crippen molar-refractivity contribution < 1.29 is 17.7 Å². The molecule has 148 valence electrons. The zero-order valence-corrected chi connectivity index (χ0v) is 17.0. The Kier molecular flexibility index (Phi) is 5.19. The van der Waals surface area contributed by atoms with Crippen molar-refractivity contribution in [1.82, 2.24) is 19.8 Å². The molecule has 4 rings (SSSR count). The number of likely N-dealkylation sites (tertiary alicyclic amines) is 1. The summed E-state index contributed by atoms with van der Waals surface area (Å²) in [4.78, 5) is 6.53. The topological polar surface area (TPSA) is 97.6 Å². The van der Waals surface area contributed by atoms with Gasteiger partial charge in [0.25, 0.3) is 0 Å². The molecule has 0 bridgehead atoms. The lowest BCUT2D eigenvalue weighted by Gasteiger charge is -2.14. The summed E-state index contributed by atoms with van der Waals surface area (Å²) in [6.07, 6.45) is 0.561. The van der Waals surface area contributed by atoms with Gasteiger partial charge in [0.1, 0.15) is 9.96 Å². The molecular weight excluding hydrogens is 400 g/mol. The Labute approximate surface area is 167 Å². The molecule has 28 heavy (non-hydrogen) atoms. The van der Waals surface area contributed by atoms with Crippen LogP contribution in [0.25, 0.3) is 11.4 Å². The Morgan fingerprint density at radius 3 is 2.75 bits per heavy atom. The number of thiophene rings is 1. The predicted molar refractivity (Wildman–Crippen MR) is 105 cm³/mol. The van der Waals surface area contributed by atoms with E-state index >= 15 is 0 Å². The van der Waals surface area contributed by atoms with Gasteiger partial charge in [-0.2, -0.15) is 4.98 Å². The van der Waals surface area contributed by atoms with E-state index < -0.39 is 10.0 Å². The van der Waals surface area contributed by atoms with Gasteiger partial charge in [-0.05, 0) is 49.2 Å². The Balaban J connectivity index is 1.47. The highest BCUT2D eigenvalue weighted by Gasteiger charge is 2.36. The quantitative estimate of drug-likeness (QED) is 0.654. The second kappa shape index (κ2) is 7.63. The first-order valence-corrected chi connectivity index (χ1v) is 11.1. The first-order chi connectivity index (χ1) is 13.5. The van der Waals surface area contributed by atoms with Crippen molar-refractivity contribution in [2.75, 3.05) is 20.7 Å². The molecule has 1 aliphatic rings. The van der Waals surface area contributed by atoms with Gasteiger partial charge in [0, 0.05) is 18.2 Å². The number of likely N-dealkylation sites (N-methyl/N-ethyl adjacent to an activating group) is 1. The molecular formula is C18H20N4O4S2. The van der Waals surface area contributed by atoms with Crippen LogP contribution in [-0.2, 0) is 10.0 Å². The van der Waals surface area contributed by atoms with Crippen molar-refractivity contribution in [1.29, 1.82) is 0 Å². The number of nitrogens with zero attached hydrogens (tertiary/aromatic N) is 3. The van der Waals surface area contributed by atoms with E-state index in [2.05, 4.69) is 14.9 Å². The molecule has 0 aliphatic carbocycles. The molecule has 1 fully saturated rings. The summed E-state index contributed by atoms with van der Waals surface area (Å²) in [7, 11) is 0.0191. The summed E-state index contributed by atoms with van der Waals surface area (Å²) in [5, 5.41) is 5.82. The van der Waals surface area contributed by atoms with Gasteiger partial charge in [-0.1, -0.05) is 11.2 Å². The SMILES string of the molecule is COc1ccc(-c2noc([C@@H]3C[C@H](NS(=O)(=O)c4cccs4)CN3C)n2)cc1. The van der Waals surface area contributed by atoms with Crippen LogP contribution in [-0.4, -0.2) is 50.2 Å². The lowest BCUT2D eigenvalue weighted by atomic mass is 10.2. The number of rotatable bonds is 6. The van der Waals surface area contributed by atoms with E-state index in [1.54, 1.807) is 24.6 Å². The third kappa shape index (κ3) is 3.81. The van der Waals surface area contributed by atoms with E-state index in [0.717, 1.165) is 11.3 Å². The Bertz CT molecular complexity index is 1030. The van der Waals surface area contributed by atoms with E-state index in [1.807, 2.05) is 36.2 Å². The summed E-state index contributed by atoms with van der Waals surface area (Å²) < 4.78 is 38.6. The second-order valence-electron chi connectivity index (χ2n) is 6.63. The van der Waals surface area contributed by atoms with Crippen LogP contribution in [0.1, 0.15) is 18.4 Å². The maximum absolute atomic E-state index is 12.5. The fourth-order valence-corrected chi connectivity index (χ4v) is 5.54. The maximum Gasteiger partial charge on any atom is 0.250 e. The highest BCUT2D eigenvalue weighted by molar-refractivity contribution is 7.91. The Morgan fingerprint density at radius 2 is 2.07 bits per heavy atom. The summed E-state index contributed by atoms with van der Waals surface area (Å²) in [5.74, 6) is 1.73. The number of ether oxygens (including phenoxy) is 1. The summed E-state index contributed by atoms with van der Waals surface area (Å²) in [6, 6.07) is 10.4. The molecule has 3 aromatic rings. The van der Waals surface area contributed by atoms with E-state index in [1.165, 1.54) is 11.3 Å². The minimum absolute atomic E-state index is 0.143. The van der Waals surface area contributed by atoms with Crippen LogP contribution in [0, 0.1) is 0 Å². The minimum Gasteiger partial charge on any atom is -0.497 e. The first kappa shape index (κ1) is 19.1.